The van der Waals surface area contributed by atoms with Crippen LogP contribution in [0.25, 0.3) is 0 Å². The molecule has 1 aliphatic heterocycles. The van der Waals surface area contributed by atoms with Crippen LogP contribution in [0.5, 0.6) is 5.75 Å². The van der Waals surface area contributed by atoms with Crippen LogP contribution >= 0.6 is 0 Å². The lowest BCUT2D eigenvalue weighted by atomic mass is 9.86. The van der Waals surface area contributed by atoms with Gasteiger partial charge in [-0.25, -0.2) is 0 Å². The number of carbonyl (C=O) groups excluding carboxylic acids is 1. The fraction of sp³-hybridized carbons (Fsp3) is 0.632. The number of nitrogens with zero attached hydrogens (tertiary/aromatic N) is 1. The first-order valence-electron chi connectivity index (χ1n) is 8.45. The van der Waals surface area contributed by atoms with E-state index in [2.05, 4.69) is 45.9 Å². The van der Waals surface area contributed by atoms with Gasteiger partial charge in [-0.15, -0.1) is 0 Å². The minimum atomic E-state index is 0.0778. The summed E-state index contributed by atoms with van der Waals surface area (Å²) in [6.45, 7) is 10.3. The fourth-order valence-corrected chi connectivity index (χ4v) is 2.96. The van der Waals surface area contributed by atoms with Crippen LogP contribution in [0.15, 0.2) is 24.3 Å². The normalized spacial score (nSPS) is 16.6. The molecule has 0 spiro atoms. The predicted molar refractivity (Wildman–Crippen MR) is 90.3 cm³/mol. The first-order chi connectivity index (χ1) is 10.4. The second-order valence-electron chi connectivity index (χ2n) is 7.19. The summed E-state index contributed by atoms with van der Waals surface area (Å²) in [7, 11) is 0. The second kappa shape index (κ2) is 7.17. The van der Waals surface area contributed by atoms with Gasteiger partial charge < -0.3 is 9.64 Å². The first-order valence-corrected chi connectivity index (χ1v) is 8.45. The molecule has 3 heteroatoms. The van der Waals surface area contributed by atoms with Gasteiger partial charge in [-0.3, -0.25) is 4.79 Å². The van der Waals surface area contributed by atoms with Crippen LogP contribution in [0, 0.1) is 0 Å². The largest absolute Gasteiger partial charge is 0.490 e. The van der Waals surface area contributed by atoms with Crippen LogP contribution in [0.3, 0.4) is 0 Å². The number of piperidine rings is 1. The number of likely N-dealkylation sites (tertiary alicyclic amines) is 1. The summed E-state index contributed by atoms with van der Waals surface area (Å²) in [5.41, 5.74) is 1.33. The zero-order chi connectivity index (χ0) is 16.2. The number of rotatable bonds is 4. The molecule has 0 aliphatic carbocycles. The smallest absolute Gasteiger partial charge is 0.222 e. The summed E-state index contributed by atoms with van der Waals surface area (Å²) in [5.74, 6) is 1.28. The Hall–Kier alpha value is -1.51. The van der Waals surface area contributed by atoms with Crippen LogP contribution in [0.2, 0.25) is 0 Å². The highest BCUT2D eigenvalue weighted by atomic mass is 16.5. The van der Waals surface area contributed by atoms with E-state index in [1.54, 1.807) is 0 Å². The zero-order valence-electron chi connectivity index (χ0n) is 14.4. The molecule has 3 nitrogen and oxygen atoms in total. The average Bonchev–Trinajstić information content (AvgIpc) is 2.48. The Morgan fingerprint density at radius 2 is 1.86 bits per heavy atom. The van der Waals surface area contributed by atoms with Gasteiger partial charge >= 0.3 is 0 Å². The third-order valence-corrected chi connectivity index (χ3v) is 4.25. The van der Waals surface area contributed by atoms with Gasteiger partial charge in [-0.2, -0.15) is 0 Å². The van der Waals surface area contributed by atoms with Crippen molar-refractivity contribution in [3.05, 3.63) is 29.8 Å². The molecule has 1 amide bonds. The van der Waals surface area contributed by atoms with Gasteiger partial charge in [0.05, 0.1) is 0 Å². The zero-order valence-corrected chi connectivity index (χ0v) is 14.4. The van der Waals surface area contributed by atoms with E-state index in [-0.39, 0.29) is 17.4 Å². The summed E-state index contributed by atoms with van der Waals surface area (Å²) in [6.07, 6.45) is 3.66. The molecule has 1 aromatic rings. The summed E-state index contributed by atoms with van der Waals surface area (Å²) < 4.78 is 6.26. The lowest BCUT2D eigenvalue weighted by Gasteiger charge is -2.33. The molecule has 1 fully saturated rings. The summed E-state index contributed by atoms with van der Waals surface area (Å²) >= 11 is 0. The van der Waals surface area contributed by atoms with E-state index in [9.17, 15) is 4.79 Å². The molecule has 2 rings (SSSR count). The molecule has 0 atom stereocenters. The molecule has 1 aromatic carbocycles. The van der Waals surface area contributed by atoms with E-state index in [0.717, 1.165) is 38.1 Å². The maximum atomic E-state index is 11.9. The topological polar surface area (TPSA) is 29.5 Å². The van der Waals surface area contributed by atoms with E-state index in [1.807, 2.05) is 11.0 Å². The standard InChI is InChI=1S/C19H29NO2/c1-5-8-18(21)20-13-11-15(12-14-20)22-17-10-7-6-9-16(17)19(2,3)4/h6-7,9-10,15H,5,8,11-14H2,1-4H3. The van der Waals surface area contributed by atoms with Crippen molar-refractivity contribution in [3.8, 4) is 5.75 Å². The molecular formula is C19H29NO2. The van der Waals surface area contributed by atoms with E-state index in [0.29, 0.717) is 6.42 Å². The molecule has 122 valence electrons. The summed E-state index contributed by atoms with van der Waals surface area (Å²) in [4.78, 5) is 13.9. The molecule has 0 unspecified atom stereocenters. The molecule has 1 aliphatic rings. The van der Waals surface area contributed by atoms with Crippen molar-refractivity contribution in [2.45, 2.75) is 64.9 Å². The maximum absolute atomic E-state index is 11.9. The average molecular weight is 303 g/mol. The Morgan fingerprint density at radius 3 is 2.45 bits per heavy atom. The Morgan fingerprint density at radius 1 is 1.23 bits per heavy atom. The number of para-hydroxylation sites is 1. The predicted octanol–water partition coefficient (Wildman–Crippen LogP) is 4.15. The number of ether oxygens (including phenoxy) is 1. The molecule has 22 heavy (non-hydrogen) atoms. The van der Waals surface area contributed by atoms with Gasteiger partial charge in [-0.05, 0) is 23.5 Å². The van der Waals surface area contributed by atoms with Crippen molar-refractivity contribution >= 4 is 5.91 Å². The third kappa shape index (κ3) is 4.25. The van der Waals surface area contributed by atoms with Gasteiger partial charge in [-0.1, -0.05) is 45.9 Å². The Balaban J connectivity index is 1.96. The molecule has 0 N–H and O–H groups in total. The van der Waals surface area contributed by atoms with E-state index in [1.165, 1.54) is 5.56 Å². The van der Waals surface area contributed by atoms with Crippen molar-refractivity contribution in [2.24, 2.45) is 0 Å². The minimum absolute atomic E-state index is 0.0778. The van der Waals surface area contributed by atoms with Gasteiger partial charge in [0, 0.05) is 32.4 Å². The highest BCUT2D eigenvalue weighted by molar-refractivity contribution is 5.76. The van der Waals surface area contributed by atoms with Crippen LogP contribution in [0.4, 0.5) is 0 Å². The van der Waals surface area contributed by atoms with Crippen molar-refractivity contribution < 1.29 is 9.53 Å². The number of benzene rings is 1. The number of hydrogen-bond donors (Lipinski definition) is 0. The van der Waals surface area contributed by atoms with Crippen LogP contribution in [-0.2, 0) is 10.2 Å². The molecule has 0 radical (unpaired) electrons. The Bertz CT molecular complexity index is 496. The maximum Gasteiger partial charge on any atom is 0.222 e. The second-order valence-corrected chi connectivity index (χ2v) is 7.19. The Labute approximate surface area is 134 Å². The molecular weight excluding hydrogens is 274 g/mol. The third-order valence-electron chi connectivity index (χ3n) is 4.25. The van der Waals surface area contributed by atoms with Gasteiger partial charge in [0.1, 0.15) is 11.9 Å². The molecule has 1 heterocycles. The van der Waals surface area contributed by atoms with Gasteiger partial charge in [0.2, 0.25) is 5.91 Å². The van der Waals surface area contributed by atoms with E-state index in [4.69, 9.17) is 4.74 Å². The molecule has 1 saturated heterocycles. The minimum Gasteiger partial charge on any atom is -0.490 e. The highest BCUT2D eigenvalue weighted by Crippen LogP contribution is 2.32. The summed E-state index contributed by atoms with van der Waals surface area (Å²) in [6, 6.07) is 8.31. The van der Waals surface area contributed by atoms with E-state index >= 15 is 0 Å². The van der Waals surface area contributed by atoms with Crippen molar-refractivity contribution in [3.63, 3.8) is 0 Å². The van der Waals surface area contributed by atoms with Crippen molar-refractivity contribution in [1.82, 2.24) is 4.90 Å². The van der Waals surface area contributed by atoms with Crippen LogP contribution in [0.1, 0.15) is 58.9 Å². The molecule has 0 aromatic heterocycles. The number of carbonyl (C=O) groups is 1. The van der Waals surface area contributed by atoms with Crippen molar-refractivity contribution in [1.29, 1.82) is 0 Å². The van der Waals surface area contributed by atoms with Crippen molar-refractivity contribution in [2.75, 3.05) is 13.1 Å². The van der Waals surface area contributed by atoms with E-state index < -0.39 is 0 Å². The van der Waals surface area contributed by atoms with Crippen LogP contribution in [-0.4, -0.2) is 30.0 Å². The summed E-state index contributed by atoms with van der Waals surface area (Å²) in [5, 5.41) is 0. The van der Waals surface area contributed by atoms with Gasteiger partial charge in [0.15, 0.2) is 0 Å². The molecule has 0 bridgehead atoms. The lowest BCUT2D eigenvalue weighted by Crippen LogP contribution is -2.41. The Kier molecular flexibility index (Phi) is 5.49. The highest BCUT2D eigenvalue weighted by Gasteiger charge is 2.25. The van der Waals surface area contributed by atoms with Gasteiger partial charge in [0.25, 0.3) is 0 Å². The number of hydrogen-bond acceptors (Lipinski definition) is 2. The first kappa shape index (κ1) is 16.9. The SMILES string of the molecule is CCCC(=O)N1CCC(Oc2ccccc2C(C)(C)C)CC1. The quantitative estimate of drug-likeness (QED) is 0.836. The van der Waals surface area contributed by atoms with Crippen LogP contribution < -0.4 is 4.74 Å². The number of amides is 1. The fourth-order valence-electron chi connectivity index (χ4n) is 2.96. The monoisotopic (exact) mass is 303 g/mol. The molecule has 0 saturated carbocycles. The lowest BCUT2D eigenvalue weighted by molar-refractivity contribution is -0.133.